The second-order valence-corrected chi connectivity index (χ2v) is 7.54. The SMILES string of the molecule is CCOC(=O)c1c(-c2ccccc2Cl)csc1NC(=O)c1ccc(OC(F)F)c(OC)c1. The third kappa shape index (κ3) is 5.17. The van der Waals surface area contributed by atoms with Gasteiger partial charge in [-0.1, -0.05) is 29.8 Å². The van der Waals surface area contributed by atoms with Gasteiger partial charge in [0.1, 0.15) is 10.6 Å². The maximum atomic E-state index is 12.8. The standard InChI is InChI=1S/C22H18ClF2NO5S/c1-3-30-21(28)18-14(13-6-4-5-7-15(13)23)11-32-20(18)26-19(27)12-8-9-16(31-22(24)25)17(10-12)29-2/h4-11,22H,3H2,1-2H3,(H,26,27). The molecule has 2 aromatic carbocycles. The summed E-state index contributed by atoms with van der Waals surface area (Å²) in [6.07, 6.45) is 0. The monoisotopic (exact) mass is 481 g/mol. The van der Waals surface area contributed by atoms with Crippen LogP contribution in [0.2, 0.25) is 5.02 Å². The number of methoxy groups -OCH3 is 1. The summed E-state index contributed by atoms with van der Waals surface area (Å²) < 4.78 is 39.6. The highest BCUT2D eigenvalue weighted by molar-refractivity contribution is 7.15. The number of thiophene rings is 1. The molecule has 3 rings (SSSR count). The molecule has 0 atom stereocenters. The van der Waals surface area contributed by atoms with E-state index in [2.05, 4.69) is 10.1 Å². The Labute approximate surface area is 191 Å². The Bertz CT molecular complexity index is 1140. The third-order valence-corrected chi connectivity index (χ3v) is 5.53. The smallest absolute Gasteiger partial charge is 0.387 e. The Hall–Kier alpha value is -3.17. The summed E-state index contributed by atoms with van der Waals surface area (Å²) in [5.74, 6) is -1.43. The Kier molecular flexibility index (Phi) is 7.66. The average Bonchev–Trinajstić information content (AvgIpc) is 3.17. The Morgan fingerprint density at radius 1 is 1.12 bits per heavy atom. The zero-order chi connectivity index (χ0) is 23.3. The molecule has 0 fully saturated rings. The molecule has 0 saturated heterocycles. The van der Waals surface area contributed by atoms with Crippen LogP contribution in [0, 0.1) is 0 Å². The number of halogens is 3. The fourth-order valence-corrected chi connectivity index (χ4v) is 4.09. The number of nitrogens with one attached hydrogen (secondary N) is 1. The molecule has 0 radical (unpaired) electrons. The van der Waals surface area contributed by atoms with E-state index < -0.39 is 18.5 Å². The summed E-state index contributed by atoms with van der Waals surface area (Å²) in [6, 6.07) is 10.8. The van der Waals surface area contributed by atoms with E-state index in [9.17, 15) is 18.4 Å². The number of hydrogen-bond donors (Lipinski definition) is 1. The average molecular weight is 482 g/mol. The van der Waals surface area contributed by atoms with E-state index >= 15 is 0 Å². The van der Waals surface area contributed by atoms with Crippen LogP contribution < -0.4 is 14.8 Å². The molecular formula is C22H18ClF2NO5S. The van der Waals surface area contributed by atoms with Crippen molar-refractivity contribution >= 4 is 39.8 Å². The van der Waals surface area contributed by atoms with Gasteiger partial charge in [0, 0.05) is 27.1 Å². The molecule has 32 heavy (non-hydrogen) atoms. The number of esters is 1. The Morgan fingerprint density at radius 3 is 2.53 bits per heavy atom. The van der Waals surface area contributed by atoms with Gasteiger partial charge in [0.2, 0.25) is 0 Å². The predicted octanol–water partition coefficient (Wildman–Crippen LogP) is 6.11. The van der Waals surface area contributed by atoms with Crippen molar-refractivity contribution in [1.29, 1.82) is 0 Å². The fourth-order valence-electron chi connectivity index (χ4n) is 2.91. The van der Waals surface area contributed by atoms with Gasteiger partial charge in [-0.05, 0) is 31.2 Å². The van der Waals surface area contributed by atoms with Crippen LogP contribution >= 0.6 is 22.9 Å². The highest BCUT2D eigenvalue weighted by Crippen LogP contribution is 2.39. The van der Waals surface area contributed by atoms with Gasteiger partial charge < -0.3 is 19.5 Å². The number of benzene rings is 2. The zero-order valence-corrected chi connectivity index (χ0v) is 18.6. The van der Waals surface area contributed by atoms with E-state index in [1.807, 2.05) is 0 Å². The van der Waals surface area contributed by atoms with Crippen molar-refractivity contribution in [3.8, 4) is 22.6 Å². The van der Waals surface area contributed by atoms with Gasteiger partial charge in [0.15, 0.2) is 11.5 Å². The predicted molar refractivity (Wildman–Crippen MR) is 118 cm³/mol. The van der Waals surface area contributed by atoms with E-state index in [1.165, 1.54) is 25.3 Å². The maximum absolute atomic E-state index is 12.8. The lowest BCUT2D eigenvalue weighted by Crippen LogP contribution is -2.15. The highest BCUT2D eigenvalue weighted by Gasteiger charge is 2.24. The van der Waals surface area contributed by atoms with Crippen molar-refractivity contribution in [2.45, 2.75) is 13.5 Å². The van der Waals surface area contributed by atoms with E-state index in [-0.39, 0.29) is 34.2 Å². The molecule has 1 N–H and O–H groups in total. The van der Waals surface area contributed by atoms with Gasteiger partial charge in [-0.2, -0.15) is 8.78 Å². The maximum Gasteiger partial charge on any atom is 0.387 e. The molecule has 1 heterocycles. The van der Waals surface area contributed by atoms with E-state index in [4.69, 9.17) is 21.1 Å². The van der Waals surface area contributed by atoms with Crippen LogP contribution in [-0.4, -0.2) is 32.2 Å². The van der Waals surface area contributed by atoms with Crippen molar-refractivity contribution in [2.75, 3.05) is 19.0 Å². The number of rotatable bonds is 8. The largest absolute Gasteiger partial charge is 0.493 e. The van der Waals surface area contributed by atoms with Crippen LogP contribution in [-0.2, 0) is 4.74 Å². The van der Waals surface area contributed by atoms with Gasteiger partial charge in [0.25, 0.3) is 5.91 Å². The van der Waals surface area contributed by atoms with Crippen LogP contribution in [0.4, 0.5) is 13.8 Å². The fraction of sp³-hybridized carbons (Fsp3) is 0.182. The molecule has 1 aromatic heterocycles. The highest BCUT2D eigenvalue weighted by atomic mass is 35.5. The summed E-state index contributed by atoms with van der Waals surface area (Å²) in [4.78, 5) is 25.5. The number of hydrogen-bond acceptors (Lipinski definition) is 6. The van der Waals surface area contributed by atoms with Gasteiger partial charge in [-0.15, -0.1) is 11.3 Å². The minimum atomic E-state index is -3.04. The summed E-state index contributed by atoms with van der Waals surface area (Å²) in [5, 5.41) is 5.07. The van der Waals surface area contributed by atoms with Gasteiger partial charge >= 0.3 is 12.6 Å². The molecule has 0 aliphatic rings. The van der Waals surface area contributed by atoms with Crippen LogP contribution in [0.25, 0.3) is 11.1 Å². The van der Waals surface area contributed by atoms with Crippen LogP contribution in [0.5, 0.6) is 11.5 Å². The van der Waals surface area contributed by atoms with Gasteiger partial charge in [-0.3, -0.25) is 4.79 Å². The second kappa shape index (κ2) is 10.4. The minimum Gasteiger partial charge on any atom is -0.493 e. The lowest BCUT2D eigenvalue weighted by atomic mass is 10.0. The van der Waals surface area contributed by atoms with Gasteiger partial charge in [0.05, 0.1) is 13.7 Å². The van der Waals surface area contributed by atoms with Crippen LogP contribution in [0.3, 0.4) is 0 Å². The summed E-state index contributed by atoms with van der Waals surface area (Å²) >= 11 is 7.43. The zero-order valence-electron chi connectivity index (χ0n) is 17.0. The van der Waals surface area contributed by atoms with E-state index in [0.29, 0.717) is 16.1 Å². The van der Waals surface area contributed by atoms with Crippen molar-refractivity contribution < 1.29 is 32.6 Å². The quantitative estimate of drug-likeness (QED) is 0.393. The Morgan fingerprint density at radius 2 is 1.88 bits per heavy atom. The first-order valence-corrected chi connectivity index (χ1v) is 10.6. The molecule has 10 heteroatoms. The normalized spacial score (nSPS) is 10.7. The van der Waals surface area contributed by atoms with Crippen molar-refractivity contribution in [2.24, 2.45) is 0 Å². The molecule has 0 spiro atoms. The molecule has 0 unspecified atom stereocenters. The second-order valence-electron chi connectivity index (χ2n) is 6.25. The van der Waals surface area contributed by atoms with E-state index in [1.54, 1.807) is 36.6 Å². The summed E-state index contributed by atoms with van der Waals surface area (Å²) in [5.41, 5.74) is 1.42. The summed E-state index contributed by atoms with van der Waals surface area (Å²) in [6.45, 7) is -1.22. The lowest BCUT2D eigenvalue weighted by molar-refractivity contribution is -0.0512. The number of amides is 1. The minimum absolute atomic E-state index is 0.0356. The van der Waals surface area contributed by atoms with Crippen LogP contribution in [0.1, 0.15) is 27.6 Å². The molecule has 0 bridgehead atoms. The number of anilines is 1. The molecular weight excluding hydrogens is 464 g/mol. The van der Waals surface area contributed by atoms with Crippen molar-refractivity contribution in [1.82, 2.24) is 0 Å². The lowest BCUT2D eigenvalue weighted by Gasteiger charge is -2.12. The molecule has 0 aliphatic heterocycles. The third-order valence-electron chi connectivity index (χ3n) is 4.30. The number of alkyl halides is 2. The first-order valence-electron chi connectivity index (χ1n) is 9.33. The molecule has 0 aliphatic carbocycles. The number of carbonyl (C=O) groups is 2. The molecule has 168 valence electrons. The molecule has 0 saturated carbocycles. The molecule has 6 nitrogen and oxygen atoms in total. The van der Waals surface area contributed by atoms with Crippen LogP contribution in [0.15, 0.2) is 47.8 Å². The first-order chi connectivity index (χ1) is 15.3. The first kappa shape index (κ1) is 23.5. The van der Waals surface area contributed by atoms with Crippen molar-refractivity contribution in [3.05, 3.63) is 64.0 Å². The molecule has 1 amide bonds. The van der Waals surface area contributed by atoms with Gasteiger partial charge in [-0.25, -0.2) is 4.79 Å². The number of ether oxygens (including phenoxy) is 3. The molecule has 3 aromatic rings. The topological polar surface area (TPSA) is 73.9 Å². The number of carbonyl (C=O) groups excluding carboxylic acids is 2. The van der Waals surface area contributed by atoms with Crippen molar-refractivity contribution in [3.63, 3.8) is 0 Å². The Balaban J connectivity index is 1.96. The summed E-state index contributed by atoms with van der Waals surface area (Å²) in [7, 11) is 1.27. The van der Waals surface area contributed by atoms with E-state index in [0.717, 1.165) is 11.3 Å².